The molecule has 0 radical (unpaired) electrons. The Morgan fingerprint density at radius 3 is 2.48 bits per heavy atom. The third-order valence-electron chi connectivity index (χ3n) is 7.91. The highest BCUT2D eigenvalue weighted by Crippen LogP contribution is 2.32. The van der Waals surface area contributed by atoms with Crippen molar-refractivity contribution in [3.8, 4) is 0 Å². The standard InChI is InChI=1S/C32H33N7O3/c1-2-15-37(32(42)33-18-24-11-7-4-8-12-24)38-22-30(40)39-28(17-23-9-5-3-6-10-23)31(41)36(21-29(38)39)20-25-13-14-27-26(16-25)19-34-35-27/h2-14,16,28-29H,1,15,17-22H2,(H,33,42)/t28-,29+/m0/s1. The molecule has 10 heteroatoms. The van der Waals surface area contributed by atoms with Crippen molar-refractivity contribution in [1.29, 1.82) is 0 Å². The first-order valence-electron chi connectivity index (χ1n) is 14.1. The van der Waals surface area contributed by atoms with Crippen molar-refractivity contribution in [3.63, 3.8) is 0 Å². The summed E-state index contributed by atoms with van der Waals surface area (Å²) in [6, 6.07) is 24.3. The topological polar surface area (TPSA) is 101 Å². The van der Waals surface area contributed by atoms with E-state index in [0.717, 1.165) is 27.9 Å². The van der Waals surface area contributed by atoms with Crippen molar-refractivity contribution in [3.05, 3.63) is 114 Å². The van der Waals surface area contributed by atoms with E-state index in [1.54, 1.807) is 20.9 Å². The molecule has 0 bridgehead atoms. The summed E-state index contributed by atoms with van der Waals surface area (Å²) in [7, 11) is 0. The van der Waals surface area contributed by atoms with Gasteiger partial charge < -0.3 is 15.1 Å². The Hall–Kier alpha value is -4.83. The number of urea groups is 1. The van der Waals surface area contributed by atoms with Gasteiger partial charge in [-0.1, -0.05) is 72.8 Å². The summed E-state index contributed by atoms with van der Waals surface area (Å²) in [5.74, 6) is -0.288. The maximum Gasteiger partial charge on any atom is 0.332 e. The number of amides is 4. The third kappa shape index (κ3) is 5.53. The molecule has 2 saturated heterocycles. The molecule has 42 heavy (non-hydrogen) atoms. The molecule has 0 aliphatic carbocycles. The minimum Gasteiger partial charge on any atom is -0.333 e. The second-order valence-corrected chi connectivity index (χ2v) is 10.7. The van der Waals surface area contributed by atoms with Crippen molar-refractivity contribution in [1.82, 2.24) is 25.1 Å². The molecule has 2 atom stereocenters. The summed E-state index contributed by atoms with van der Waals surface area (Å²) in [6.07, 6.45) is 1.52. The Morgan fingerprint density at radius 2 is 1.74 bits per heavy atom. The molecule has 3 heterocycles. The number of fused-ring (bicyclic) bond motifs is 2. The number of piperazine rings is 1. The van der Waals surface area contributed by atoms with E-state index in [0.29, 0.717) is 26.1 Å². The van der Waals surface area contributed by atoms with E-state index in [-0.39, 0.29) is 37.5 Å². The van der Waals surface area contributed by atoms with Gasteiger partial charge in [0.15, 0.2) is 0 Å². The van der Waals surface area contributed by atoms with Gasteiger partial charge in [0, 0.05) is 25.1 Å². The number of benzene rings is 3. The van der Waals surface area contributed by atoms with Gasteiger partial charge in [-0.3, -0.25) is 14.6 Å². The highest BCUT2D eigenvalue weighted by Gasteiger charge is 2.52. The predicted octanol–water partition coefficient (Wildman–Crippen LogP) is 4.02. The van der Waals surface area contributed by atoms with Crippen LogP contribution in [0.15, 0.2) is 102 Å². The lowest BCUT2D eigenvalue weighted by molar-refractivity contribution is -0.157. The number of rotatable bonds is 9. The number of hydrazine groups is 1. The largest absolute Gasteiger partial charge is 0.333 e. The Labute approximate surface area is 244 Å². The molecule has 214 valence electrons. The summed E-state index contributed by atoms with van der Waals surface area (Å²) >= 11 is 0. The van der Waals surface area contributed by atoms with Gasteiger partial charge in [-0.15, -0.1) is 6.58 Å². The fourth-order valence-electron chi connectivity index (χ4n) is 5.89. The summed E-state index contributed by atoms with van der Waals surface area (Å²) in [4.78, 5) is 44.6. The van der Waals surface area contributed by atoms with Crippen LogP contribution in [0.25, 0.3) is 0 Å². The molecule has 3 aliphatic heterocycles. The molecule has 0 spiro atoms. The number of nitrogens with zero attached hydrogens (tertiary/aromatic N) is 6. The normalized spacial score (nSPS) is 19.5. The zero-order valence-electron chi connectivity index (χ0n) is 23.3. The molecule has 4 amide bonds. The quantitative estimate of drug-likeness (QED) is 0.398. The van der Waals surface area contributed by atoms with Crippen LogP contribution in [0.2, 0.25) is 0 Å². The highest BCUT2D eigenvalue weighted by molar-refractivity contribution is 5.91. The first kappa shape index (κ1) is 27.3. The molecule has 3 aliphatic rings. The van der Waals surface area contributed by atoms with Gasteiger partial charge in [0.05, 0.1) is 31.9 Å². The Balaban J connectivity index is 1.28. The summed E-state index contributed by atoms with van der Waals surface area (Å²) in [5, 5.41) is 14.5. The third-order valence-corrected chi connectivity index (χ3v) is 7.91. The summed E-state index contributed by atoms with van der Waals surface area (Å²) in [6.45, 7) is 5.58. The minimum atomic E-state index is -0.693. The number of azo groups is 1. The average molecular weight is 564 g/mol. The SMILES string of the molecule is C=CCN(C(=O)NCc1ccccc1)N1CC(=O)N2[C@@H](Cc3ccccc3)C(=O)N(Cc3ccc4c(c3)CN=N4)C[C@@H]21. The minimum absolute atomic E-state index is 0.00841. The zero-order valence-corrected chi connectivity index (χ0v) is 23.3. The van der Waals surface area contributed by atoms with E-state index in [1.807, 2.05) is 78.9 Å². The first-order chi connectivity index (χ1) is 20.5. The van der Waals surface area contributed by atoms with E-state index in [2.05, 4.69) is 22.1 Å². The van der Waals surface area contributed by atoms with Crippen LogP contribution in [0.3, 0.4) is 0 Å². The second-order valence-electron chi connectivity index (χ2n) is 10.7. The van der Waals surface area contributed by atoms with Crippen LogP contribution in [0.5, 0.6) is 0 Å². The van der Waals surface area contributed by atoms with Crippen molar-refractivity contribution in [2.24, 2.45) is 10.2 Å². The van der Waals surface area contributed by atoms with E-state index >= 15 is 0 Å². The van der Waals surface area contributed by atoms with Crippen molar-refractivity contribution >= 4 is 23.5 Å². The molecule has 0 aromatic heterocycles. The number of carbonyl (C=O) groups is 3. The summed E-state index contributed by atoms with van der Waals surface area (Å²) < 4.78 is 0. The summed E-state index contributed by atoms with van der Waals surface area (Å²) in [5.41, 5.74) is 4.79. The van der Waals surface area contributed by atoms with E-state index < -0.39 is 12.2 Å². The molecule has 3 aromatic rings. The number of hydrogen-bond donors (Lipinski definition) is 1. The van der Waals surface area contributed by atoms with E-state index in [4.69, 9.17) is 0 Å². The highest BCUT2D eigenvalue weighted by atomic mass is 16.2. The van der Waals surface area contributed by atoms with Crippen molar-refractivity contribution in [2.45, 2.75) is 38.3 Å². The second kappa shape index (κ2) is 12.0. The Kier molecular flexibility index (Phi) is 7.78. The molecule has 2 fully saturated rings. The molecule has 10 nitrogen and oxygen atoms in total. The van der Waals surface area contributed by atoms with Gasteiger partial charge in [-0.2, -0.15) is 15.2 Å². The van der Waals surface area contributed by atoms with Gasteiger partial charge in [-0.05, 0) is 28.8 Å². The first-order valence-corrected chi connectivity index (χ1v) is 14.1. The molecule has 6 rings (SSSR count). The molecular formula is C32H33N7O3. The van der Waals surface area contributed by atoms with Crippen LogP contribution in [0.4, 0.5) is 10.5 Å². The monoisotopic (exact) mass is 563 g/mol. The number of carbonyl (C=O) groups excluding carboxylic acids is 3. The lowest BCUT2D eigenvalue weighted by Gasteiger charge is -2.46. The fraction of sp³-hybridized carbons (Fsp3) is 0.281. The van der Waals surface area contributed by atoms with Crippen LogP contribution in [-0.4, -0.2) is 69.5 Å². The zero-order chi connectivity index (χ0) is 29.1. The fourth-order valence-corrected chi connectivity index (χ4v) is 5.89. The Morgan fingerprint density at radius 1 is 1.00 bits per heavy atom. The van der Waals surface area contributed by atoms with Crippen molar-refractivity contribution < 1.29 is 14.4 Å². The van der Waals surface area contributed by atoms with Crippen LogP contribution in [-0.2, 0) is 35.6 Å². The van der Waals surface area contributed by atoms with Gasteiger partial charge in [0.25, 0.3) is 0 Å². The van der Waals surface area contributed by atoms with Gasteiger partial charge in [0.1, 0.15) is 12.2 Å². The van der Waals surface area contributed by atoms with Crippen LogP contribution >= 0.6 is 0 Å². The average Bonchev–Trinajstić information content (AvgIpc) is 3.61. The molecule has 0 saturated carbocycles. The number of hydrogen-bond acceptors (Lipinski definition) is 6. The van der Waals surface area contributed by atoms with Gasteiger partial charge in [0.2, 0.25) is 11.8 Å². The molecular weight excluding hydrogens is 530 g/mol. The van der Waals surface area contributed by atoms with Crippen LogP contribution in [0, 0.1) is 0 Å². The Bertz CT molecular complexity index is 1510. The molecule has 3 aromatic carbocycles. The number of nitrogens with one attached hydrogen (secondary N) is 1. The lowest BCUT2D eigenvalue weighted by Crippen LogP contribution is -2.66. The van der Waals surface area contributed by atoms with Gasteiger partial charge in [-0.25, -0.2) is 4.79 Å². The van der Waals surface area contributed by atoms with E-state index in [9.17, 15) is 14.4 Å². The molecule has 0 unspecified atom stereocenters. The predicted molar refractivity (Wildman–Crippen MR) is 157 cm³/mol. The lowest BCUT2D eigenvalue weighted by atomic mass is 9.99. The maximum atomic E-state index is 14.0. The van der Waals surface area contributed by atoms with Crippen LogP contribution < -0.4 is 5.32 Å². The smallest absolute Gasteiger partial charge is 0.332 e. The van der Waals surface area contributed by atoms with Gasteiger partial charge >= 0.3 is 6.03 Å². The maximum absolute atomic E-state index is 14.0. The van der Waals surface area contributed by atoms with Crippen molar-refractivity contribution in [2.75, 3.05) is 19.6 Å². The van der Waals surface area contributed by atoms with Crippen LogP contribution in [0.1, 0.15) is 22.3 Å². The van der Waals surface area contributed by atoms with E-state index in [1.165, 1.54) is 5.01 Å². The molecule has 1 N–H and O–H groups in total.